The number of carbonyl (C=O) groups is 1. The van der Waals surface area contributed by atoms with Crippen LogP contribution in [0.2, 0.25) is 0 Å². The number of amides is 1. The first-order chi connectivity index (χ1) is 12.1. The van der Waals surface area contributed by atoms with Gasteiger partial charge in [0.2, 0.25) is 5.91 Å². The molecule has 0 aliphatic heterocycles. The van der Waals surface area contributed by atoms with Crippen LogP contribution in [0.1, 0.15) is 12.5 Å². The van der Waals surface area contributed by atoms with Crippen molar-refractivity contribution < 1.29 is 9.53 Å². The number of ether oxygens (including phenoxy) is 1. The summed E-state index contributed by atoms with van der Waals surface area (Å²) in [7, 11) is 1.63. The lowest BCUT2D eigenvalue weighted by atomic mass is 10.2. The first kappa shape index (κ1) is 19.3. The summed E-state index contributed by atoms with van der Waals surface area (Å²) in [6, 6.07) is 15.9. The fourth-order valence-electron chi connectivity index (χ4n) is 2.35. The van der Waals surface area contributed by atoms with Gasteiger partial charge >= 0.3 is 0 Å². The van der Waals surface area contributed by atoms with Gasteiger partial charge < -0.3 is 10.1 Å². The molecule has 134 valence electrons. The monoisotopic (exact) mass is 358 g/mol. The first-order valence-electron chi connectivity index (χ1n) is 8.46. The SMILES string of the molecule is CCN(CCSc1ccc(C)cc1)CC(=O)Nc1ccc(OC)cc1. The second-order valence-corrected chi connectivity index (χ2v) is 6.98. The number of rotatable bonds is 9. The lowest BCUT2D eigenvalue weighted by Crippen LogP contribution is -2.34. The van der Waals surface area contributed by atoms with Crippen molar-refractivity contribution in [2.24, 2.45) is 0 Å². The van der Waals surface area contributed by atoms with Crippen molar-refractivity contribution in [3.8, 4) is 5.75 Å². The molecular weight excluding hydrogens is 332 g/mol. The summed E-state index contributed by atoms with van der Waals surface area (Å²) in [6.45, 7) is 6.30. The highest BCUT2D eigenvalue weighted by molar-refractivity contribution is 7.99. The molecule has 0 atom stereocenters. The molecule has 0 fully saturated rings. The Morgan fingerprint density at radius 2 is 1.80 bits per heavy atom. The minimum atomic E-state index is 0.00681. The Kier molecular flexibility index (Phi) is 7.82. The smallest absolute Gasteiger partial charge is 0.238 e. The third kappa shape index (κ3) is 6.80. The third-order valence-electron chi connectivity index (χ3n) is 3.89. The zero-order chi connectivity index (χ0) is 18.1. The maximum absolute atomic E-state index is 12.2. The average Bonchev–Trinajstić information content (AvgIpc) is 2.63. The molecule has 5 heteroatoms. The summed E-state index contributed by atoms with van der Waals surface area (Å²) < 4.78 is 5.12. The molecule has 0 saturated heterocycles. The maximum Gasteiger partial charge on any atom is 0.238 e. The van der Waals surface area contributed by atoms with Gasteiger partial charge in [-0.25, -0.2) is 0 Å². The minimum Gasteiger partial charge on any atom is -0.497 e. The van der Waals surface area contributed by atoms with Gasteiger partial charge in [-0.05, 0) is 49.9 Å². The number of thioether (sulfide) groups is 1. The van der Waals surface area contributed by atoms with Crippen molar-refractivity contribution >= 4 is 23.4 Å². The van der Waals surface area contributed by atoms with Crippen LogP contribution >= 0.6 is 11.8 Å². The topological polar surface area (TPSA) is 41.6 Å². The number of benzene rings is 2. The number of carbonyl (C=O) groups excluding carboxylic acids is 1. The van der Waals surface area contributed by atoms with E-state index in [-0.39, 0.29) is 5.91 Å². The van der Waals surface area contributed by atoms with Gasteiger partial charge in [-0.2, -0.15) is 0 Å². The molecule has 2 aromatic carbocycles. The fourth-order valence-corrected chi connectivity index (χ4v) is 3.27. The van der Waals surface area contributed by atoms with Gasteiger partial charge in [0.25, 0.3) is 0 Å². The van der Waals surface area contributed by atoms with E-state index in [1.807, 2.05) is 36.0 Å². The van der Waals surface area contributed by atoms with E-state index >= 15 is 0 Å². The summed E-state index contributed by atoms with van der Waals surface area (Å²) in [4.78, 5) is 15.6. The minimum absolute atomic E-state index is 0.00681. The molecule has 0 aliphatic carbocycles. The van der Waals surface area contributed by atoms with Crippen LogP contribution in [-0.4, -0.2) is 43.3 Å². The van der Waals surface area contributed by atoms with Crippen LogP contribution in [0.3, 0.4) is 0 Å². The van der Waals surface area contributed by atoms with Gasteiger partial charge in [-0.15, -0.1) is 11.8 Å². The lowest BCUT2D eigenvalue weighted by Gasteiger charge is -2.19. The van der Waals surface area contributed by atoms with E-state index in [0.717, 1.165) is 30.3 Å². The molecule has 0 aromatic heterocycles. The number of aryl methyl sites for hydroxylation is 1. The van der Waals surface area contributed by atoms with Gasteiger partial charge in [0, 0.05) is 22.9 Å². The van der Waals surface area contributed by atoms with Crippen LogP contribution in [0.15, 0.2) is 53.4 Å². The molecule has 4 nitrogen and oxygen atoms in total. The number of hydrogen-bond donors (Lipinski definition) is 1. The predicted molar refractivity (Wildman–Crippen MR) is 106 cm³/mol. The summed E-state index contributed by atoms with van der Waals surface area (Å²) in [6.07, 6.45) is 0. The molecule has 1 N–H and O–H groups in total. The van der Waals surface area contributed by atoms with Crippen LogP contribution < -0.4 is 10.1 Å². The Labute approximate surface area is 154 Å². The van der Waals surface area contributed by atoms with Crippen LogP contribution in [0.4, 0.5) is 5.69 Å². The Balaban J connectivity index is 1.75. The number of likely N-dealkylation sites (N-methyl/N-ethyl adjacent to an activating group) is 1. The van der Waals surface area contributed by atoms with Gasteiger partial charge in [0.15, 0.2) is 0 Å². The number of hydrogen-bond acceptors (Lipinski definition) is 4. The molecule has 0 spiro atoms. The van der Waals surface area contributed by atoms with E-state index < -0.39 is 0 Å². The average molecular weight is 359 g/mol. The number of nitrogens with one attached hydrogen (secondary N) is 1. The van der Waals surface area contributed by atoms with E-state index in [2.05, 4.69) is 48.3 Å². The van der Waals surface area contributed by atoms with Crippen molar-refractivity contribution in [1.82, 2.24) is 4.90 Å². The highest BCUT2D eigenvalue weighted by atomic mass is 32.2. The maximum atomic E-state index is 12.2. The Morgan fingerprint density at radius 3 is 2.40 bits per heavy atom. The van der Waals surface area contributed by atoms with E-state index in [4.69, 9.17) is 4.74 Å². The zero-order valence-electron chi connectivity index (χ0n) is 15.1. The molecule has 0 saturated carbocycles. The summed E-state index contributed by atoms with van der Waals surface area (Å²) in [5.41, 5.74) is 2.06. The third-order valence-corrected chi connectivity index (χ3v) is 4.88. The van der Waals surface area contributed by atoms with Crippen molar-refractivity contribution in [1.29, 1.82) is 0 Å². The molecule has 0 radical (unpaired) electrons. The number of methoxy groups -OCH3 is 1. The summed E-state index contributed by atoms with van der Waals surface area (Å²) >= 11 is 1.82. The molecule has 2 aromatic rings. The number of nitrogens with zero attached hydrogens (tertiary/aromatic N) is 1. The Bertz CT molecular complexity index is 656. The van der Waals surface area contributed by atoms with Crippen LogP contribution in [0.25, 0.3) is 0 Å². The number of anilines is 1. The van der Waals surface area contributed by atoms with E-state index in [9.17, 15) is 4.79 Å². The zero-order valence-corrected chi connectivity index (χ0v) is 15.9. The van der Waals surface area contributed by atoms with Gasteiger partial charge in [-0.3, -0.25) is 9.69 Å². The molecular formula is C20H26N2O2S. The molecule has 1 amide bonds. The van der Waals surface area contributed by atoms with Crippen LogP contribution in [0, 0.1) is 6.92 Å². The quantitative estimate of drug-likeness (QED) is 0.687. The molecule has 0 heterocycles. The second-order valence-electron chi connectivity index (χ2n) is 5.81. The molecule has 2 rings (SSSR count). The van der Waals surface area contributed by atoms with Crippen LogP contribution in [-0.2, 0) is 4.79 Å². The fraction of sp³-hybridized carbons (Fsp3) is 0.350. The van der Waals surface area contributed by atoms with Crippen LogP contribution in [0.5, 0.6) is 5.75 Å². The highest BCUT2D eigenvalue weighted by Gasteiger charge is 2.09. The van der Waals surface area contributed by atoms with Gasteiger partial charge in [0.1, 0.15) is 5.75 Å². The van der Waals surface area contributed by atoms with E-state index in [1.165, 1.54) is 10.5 Å². The Hall–Kier alpha value is -1.98. The summed E-state index contributed by atoms with van der Waals surface area (Å²) in [5, 5.41) is 2.93. The van der Waals surface area contributed by atoms with Crippen molar-refractivity contribution in [3.05, 3.63) is 54.1 Å². The van der Waals surface area contributed by atoms with Crippen molar-refractivity contribution in [3.63, 3.8) is 0 Å². The second kappa shape index (κ2) is 10.1. The Morgan fingerprint density at radius 1 is 1.12 bits per heavy atom. The molecule has 0 bridgehead atoms. The van der Waals surface area contributed by atoms with Gasteiger partial charge in [-0.1, -0.05) is 24.6 Å². The summed E-state index contributed by atoms with van der Waals surface area (Å²) in [5.74, 6) is 1.75. The predicted octanol–water partition coefficient (Wildman–Crippen LogP) is 4.06. The molecule has 0 aliphatic rings. The highest BCUT2D eigenvalue weighted by Crippen LogP contribution is 2.18. The van der Waals surface area contributed by atoms with Crippen molar-refractivity contribution in [2.75, 3.05) is 37.8 Å². The molecule has 25 heavy (non-hydrogen) atoms. The first-order valence-corrected chi connectivity index (χ1v) is 9.45. The van der Waals surface area contributed by atoms with Crippen molar-refractivity contribution in [2.45, 2.75) is 18.7 Å². The normalized spacial score (nSPS) is 10.7. The molecule has 0 unspecified atom stereocenters. The van der Waals surface area contributed by atoms with Gasteiger partial charge in [0.05, 0.1) is 13.7 Å². The van der Waals surface area contributed by atoms with E-state index in [1.54, 1.807) is 7.11 Å². The standard InChI is InChI=1S/C20H26N2O2S/c1-4-22(13-14-25-19-11-5-16(2)6-12-19)15-20(23)21-17-7-9-18(24-3)10-8-17/h5-12H,4,13-15H2,1-3H3,(H,21,23). The van der Waals surface area contributed by atoms with E-state index in [0.29, 0.717) is 6.54 Å². The largest absolute Gasteiger partial charge is 0.497 e. The lowest BCUT2D eigenvalue weighted by molar-refractivity contribution is -0.117.